The number of likely N-dealkylation sites (tertiary alicyclic amines) is 1. The number of amides is 1. The van der Waals surface area contributed by atoms with Crippen molar-refractivity contribution in [2.75, 3.05) is 19.7 Å². The highest BCUT2D eigenvalue weighted by Gasteiger charge is 2.46. The van der Waals surface area contributed by atoms with Crippen molar-refractivity contribution in [3.8, 4) is 0 Å². The molecule has 0 radical (unpaired) electrons. The van der Waals surface area contributed by atoms with Crippen molar-refractivity contribution >= 4 is 5.91 Å². The van der Waals surface area contributed by atoms with Gasteiger partial charge in [-0.15, -0.1) is 0 Å². The fourth-order valence-electron chi connectivity index (χ4n) is 4.14. The number of aliphatic hydroxyl groups is 1. The summed E-state index contributed by atoms with van der Waals surface area (Å²) < 4.78 is 1.90. The molecule has 1 aliphatic carbocycles. The summed E-state index contributed by atoms with van der Waals surface area (Å²) in [6, 6.07) is 12.4. The van der Waals surface area contributed by atoms with Gasteiger partial charge in [0.15, 0.2) is 0 Å². The zero-order valence-corrected chi connectivity index (χ0v) is 14.4. The summed E-state index contributed by atoms with van der Waals surface area (Å²) in [5, 5.41) is 13.4. The predicted molar refractivity (Wildman–Crippen MR) is 95.2 cm³/mol. The van der Waals surface area contributed by atoms with E-state index in [1.54, 1.807) is 6.20 Å². The minimum atomic E-state index is 0.106. The third-order valence-electron chi connectivity index (χ3n) is 5.62. The summed E-state index contributed by atoms with van der Waals surface area (Å²) in [4.78, 5) is 14.8. The molecule has 5 heteroatoms. The van der Waals surface area contributed by atoms with Gasteiger partial charge >= 0.3 is 0 Å². The Morgan fingerprint density at radius 1 is 1.16 bits per heavy atom. The maximum absolute atomic E-state index is 12.8. The van der Waals surface area contributed by atoms with E-state index in [2.05, 4.69) is 34.3 Å². The highest BCUT2D eigenvalue weighted by Crippen LogP contribution is 2.48. The number of carbonyl (C=O) groups is 1. The molecule has 25 heavy (non-hydrogen) atoms. The predicted octanol–water partition coefficient (Wildman–Crippen LogP) is 2.39. The summed E-state index contributed by atoms with van der Waals surface area (Å²) in [5.74, 6) is 1.36. The van der Waals surface area contributed by atoms with Gasteiger partial charge in [-0.2, -0.15) is 5.10 Å². The molecule has 132 valence electrons. The second kappa shape index (κ2) is 7.00. The van der Waals surface area contributed by atoms with Gasteiger partial charge in [-0.1, -0.05) is 30.3 Å². The zero-order chi connectivity index (χ0) is 17.2. The Morgan fingerprint density at radius 3 is 2.64 bits per heavy atom. The molecule has 1 aliphatic heterocycles. The summed E-state index contributed by atoms with van der Waals surface area (Å²) in [7, 11) is 0. The third-order valence-corrected chi connectivity index (χ3v) is 5.62. The third kappa shape index (κ3) is 3.33. The van der Waals surface area contributed by atoms with E-state index < -0.39 is 0 Å². The Morgan fingerprint density at radius 2 is 1.92 bits per heavy atom. The minimum absolute atomic E-state index is 0.106. The summed E-state index contributed by atoms with van der Waals surface area (Å²) in [6.45, 7) is 2.30. The fraction of sp³-hybridized carbons (Fsp3) is 0.500. The van der Waals surface area contributed by atoms with Crippen molar-refractivity contribution < 1.29 is 9.90 Å². The molecule has 1 saturated carbocycles. The Hall–Kier alpha value is -2.14. The molecule has 1 aromatic carbocycles. The Labute approximate surface area is 148 Å². The molecule has 1 saturated heterocycles. The average molecular weight is 339 g/mol. The number of rotatable bonds is 5. The lowest BCUT2D eigenvalue weighted by Crippen LogP contribution is -2.39. The maximum Gasteiger partial charge on any atom is 0.226 e. The van der Waals surface area contributed by atoms with Gasteiger partial charge in [-0.3, -0.25) is 9.48 Å². The first kappa shape index (κ1) is 16.3. The quantitative estimate of drug-likeness (QED) is 0.910. The summed E-state index contributed by atoms with van der Waals surface area (Å²) >= 11 is 0. The molecule has 4 rings (SSSR count). The second-order valence-corrected chi connectivity index (χ2v) is 7.16. The highest BCUT2D eigenvalue weighted by atomic mass is 16.3. The summed E-state index contributed by atoms with van der Waals surface area (Å²) in [6.07, 6.45) is 4.75. The first-order chi connectivity index (χ1) is 12.3. The molecule has 2 atom stereocenters. The van der Waals surface area contributed by atoms with Crippen molar-refractivity contribution in [2.45, 2.75) is 37.6 Å². The molecule has 1 amide bonds. The van der Waals surface area contributed by atoms with Gasteiger partial charge < -0.3 is 10.0 Å². The van der Waals surface area contributed by atoms with Crippen molar-refractivity contribution in [2.24, 2.45) is 5.92 Å². The van der Waals surface area contributed by atoms with Crippen LogP contribution in [0.5, 0.6) is 0 Å². The number of aromatic nitrogens is 2. The van der Waals surface area contributed by atoms with Crippen LogP contribution in [0, 0.1) is 5.92 Å². The smallest absolute Gasteiger partial charge is 0.226 e. The number of hydrogen-bond acceptors (Lipinski definition) is 3. The van der Waals surface area contributed by atoms with Gasteiger partial charge in [0.25, 0.3) is 0 Å². The lowest BCUT2D eigenvalue weighted by Gasteiger charge is -2.32. The second-order valence-electron chi connectivity index (χ2n) is 7.16. The molecular weight excluding hydrogens is 314 g/mol. The van der Waals surface area contributed by atoms with Gasteiger partial charge in [0.05, 0.1) is 13.2 Å². The number of nitrogens with zero attached hydrogens (tertiary/aromatic N) is 3. The van der Waals surface area contributed by atoms with Crippen LogP contribution < -0.4 is 0 Å². The van der Waals surface area contributed by atoms with Gasteiger partial charge in [-0.25, -0.2) is 0 Å². The number of aliphatic hydroxyl groups excluding tert-OH is 1. The maximum atomic E-state index is 12.8. The van der Waals surface area contributed by atoms with Crippen molar-refractivity contribution in [1.82, 2.24) is 14.7 Å². The van der Waals surface area contributed by atoms with E-state index in [1.807, 2.05) is 16.8 Å². The van der Waals surface area contributed by atoms with Gasteiger partial charge in [0.2, 0.25) is 5.91 Å². The first-order valence-electron chi connectivity index (χ1n) is 9.24. The van der Waals surface area contributed by atoms with Crippen LogP contribution in [0.3, 0.4) is 0 Å². The minimum Gasteiger partial charge on any atom is -0.394 e. The largest absolute Gasteiger partial charge is 0.394 e. The van der Waals surface area contributed by atoms with E-state index in [4.69, 9.17) is 5.11 Å². The van der Waals surface area contributed by atoms with Crippen molar-refractivity contribution in [1.29, 1.82) is 0 Å². The molecule has 2 heterocycles. The molecule has 5 nitrogen and oxygen atoms in total. The molecular formula is C20H25N3O2. The van der Waals surface area contributed by atoms with E-state index in [9.17, 15) is 4.79 Å². The Balaban J connectivity index is 1.33. The van der Waals surface area contributed by atoms with E-state index in [1.165, 1.54) is 11.3 Å². The molecule has 2 fully saturated rings. The van der Waals surface area contributed by atoms with Gasteiger partial charge in [-0.05, 0) is 36.8 Å². The molecule has 2 aromatic rings. The molecule has 2 unspecified atom stereocenters. The zero-order valence-electron chi connectivity index (χ0n) is 14.4. The van der Waals surface area contributed by atoms with E-state index in [-0.39, 0.29) is 12.5 Å². The Kier molecular flexibility index (Phi) is 4.57. The first-order valence-corrected chi connectivity index (χ1v) is 9.24. The Bertz CT molecular complexity index is 720. The van der Waals surface area contributed by atoms with Crippen LogP contribution in [0.15, 0.2) is 42.6 Å². The van der Waals surface area contributed by atoms with Crippen molar-refractivity contribution in [3.63, 3.8) is 0 Å². The normalized spacial score (nSPS) is 23.6. The summed E-state index contributed by atoms with van der Waals surface area (Å²) in [5.41, 5.74) is 2.48. The number of carbonyl (C=O) groups excluding carboxylic acids is 1. The number of hydrogen-bond donors (Lipinski definition) is 1. The van der Waals surface area contributed by atoms with Crippen molar-refractivity contribution in [3.05, 3.63) is 53.9 Å². The SMILES string of the molecule is O=C(C1CC1c1ccccc1)N1CCC(c2ccnn2CCO)CC1. The van der Waals surface area contributed by atoms with E-state index >= 15 is 0 Å². The number of piperidine rings is 1. The molecule has 0 spiro atoms. The van der Waals surface area contributed by atoms with Crippen LogP contribution >= 0.6 is 0 Å². The number of benzene rings is 1. The van der Waals surface area contributed by atoms with E-state index in [0.29, 0.717) is 24.3 Å². The lowest BCUT2D eigenvalue weighted by molar-refractivity contribution is -0.133. The van der Waals surface area contributed by atoms with Gasteiger partial charge in [0, 0.05) is 36.8 Å². The molecule has 0 bridgehead atoms. The monoisotopic (exact) mass is 339 g/mol. The topological polar surface area (TPSA) is 58.4 Å². The molecule has 2 aliphatic rings. The van der Waals surface area contributed by atoms with Crippen LogP contribution in [-0.4, -0.2) is 45.4 Å². The average Bonchev–Trinajstić information content (AvgIpc) is 3.34. The van der Waals surface area contributed by atoms with Gasteiger partial charge in [0.1, 0.15) is 0 Å². The van der Waals surface area contributed by atoms with Crippen LogP contribution in [0.2, 0.25) is 0 Å². The standard InChI is InChI=1S/C20H25N3O2/c24-13-12-23-19(6-9-21-23)16-7-10-22(11-8-16)20(25)18-14-17(18)15-4-2-1-3-5-15/h1-6,9,16-18,24H,7-8,10-14H2. The fourth-order valence-corrected chi connectivity index (χ4v) is 4.14. The van der Waals surface area contributed by atoms with Crippen LogP contribution in [0.1, 0.15) is 42.4 Å². The van der Waals surface area contributed by atoms with Crippen LogP contribution in [0.25, 0.3) is 0 Å². The molecule has 1 N–H and O–H groups in total. The molecule has 1 aromatic heterocycles. The van der Waals surface area contributed by atoms with Crippen LogP contribution in [-0.2, 0) is 11.3 Å². The lowest BCUT2D eigenvalue weighted by atomic mass is 9.93. The highest BCUT2D eigenvalue weighted by molar-refractivity contribution is 5.83. The van der Waals surface area contributed by atoms with E-state index in [0.717, 1.165) is 32.4 Å². The van der Waals surface area contributed by atoms with Crippen LogP contribution in [0.4, 0.5) is 0 Å².